The molecule has 0 saturated carbocycles. The summed E-state index contributed by atoms with van der Waals surface area (Å²) in [5, 5.41) is 10.1. The maximum Gasteiger partial charge on any atom is 0.433 e. The van der Waals surface area contributed by atoms with Gasteiger partial charge >= 0.3 is 12.1 Å². The predicted octanol–water partition coefficient (Wildman–Crippen LogP) is 6.83. The van der Waals surface area contributed by atoms with Gasteiger partial charge in [0.1, 0.15) is 5.69 Å². The highest BCUT2D eigenvalue weighted by Gasteiger charge is 2.43. The molecule has 0 aliphatic carbocycles. The van der Waals surface area contributed by atoms with Gasteiger partial charge in [-0.15, -0.1) is 0 Å². The molecule has 6 nitrogen and oxygen atoms in total. The van der Waals surface area contributed by atoms with Crippen molar-refractivity contribution >= 4 is 46.0 Å². The van der Waals surface area contributed by atoms with E-state index in [4.69, 9.17) is 28.9 Å². The SMILES string of the molecule is CC(C)(C)c1ccc(CC(C(N)=O)(c2ccc(Cl)c(Cl)c2)n2ccc3cc(C(F)(F)F)nc(C(=O)O)c32)cc1. The highest BCUT2D eigenvalue weighted by molar-refractivity contribution is 6.42. The topological polar surface area (TPSA) is 98.2 Å². The number of alkyl halides is 3. The highest BCUT2D eigenvalue weighted by Crippen LogP contribution is 2.39. The number of hydrogen-bond acceptors (Lipinski definition) is 3. The van der Waals surface area contributed by atoms with Crippen LogP contribution < -0.4 is 5.73 Å². The lowest BCUT2D eigenvalue weighted by Gasteiger charge is -2.35. The van der Waals surface area contributed by atoms with Crippen molar-refractivity contribution in [3.8, 4) is 0 Å². The van der Waals surface area contributed by atoms with Crippen LogP contribution in [0.15, 0.2) is 60.8 Å². The summed E-state index contributed by atoms with van der Waals surface area (Å²) in [5.41, 5.74) is 3.61. The molecule has 0 radical (unpaired) electrons. The third-order valence-corrected chi connectivity index (χ3v) is 7.39. The summed E-state index contributed by atoms with van der Waals surface area (Å²) in [4.78, 5) is 29.0. The second-order valence-electron chi connectivity index (χ2n) is 10.3. The number of rotatable bonds is 6. The van der Waals surface area contributed by atoms with Crippen molar-refractivity contribution in [1.82, 2.24) is 9.55 Å². The molecule has 4 aromatic rings. The molecule has 0 spiro atoms. The average molecular weight is 578 g/mol. The Morgan fingerprint density at radius 2 is 1.56 bits per heavy atom. The van der Waals surface area contributed by atoms with Gasteiger partial charge in [-0.2, -0.15) is 13.2 Å². The minimum Gasteiger partial charge on any atom is -0.476 e. The van der Waals surface area contributed by atoms with Crippen molar-refractivity contribution < 1.29 is 27.9 Å². The summed E-state index contributed by atoms with van der Waals surface area (Å²) < 4.78 is 41.8. The van der Waals surface area contributed by atoms with E-state index in [9.17, 15) is 27.9 Å². The van der Waals surface area contributed by atoms with Gasteiger partial charge in [-0.1, -0.05) is 74.3 Å². The molecule has 0 aliphatic rings. The van der Waals surface area contributed by atoms with Crippen molar-refractivity contribution in [2.24, 2.45) is 5.73 Å². The van der Waals surface area contributed by atoms with E-state index in [1.165, 1.54) is 35.0 Å². The first-order valence-electron chi connectivity index (χ1n) is 11.7. The molecule has 2 aromatic heterocycles. The zero-order valence-corrected chi connectivity index (χ0v) is 22.6. The van der Waals surface area contributed by atoms with E-state index in [1.54, 1.807) is 0 Å². The summed E-state index contributed by atoms with van der Waals surface area (Å²) in [6.07, 6.45) is -3.63. The van der Waals surface area contributed by atoms with Gasteiger partial charge in [-0.25, -0.2) is 9.78 Å². The molecule has 0 bridgehead atoms. The lowest BCUT2D eigenvalue weighted by atomic mass is 9.81. The molecule has 1 unspecified atom stereocenters. The Balaban J connectivity index is 2.06. The summed E-state index contributed by atoms with van der Waals surface area (Å²) >= 11 is 12.4. The Bertz CT molecular complexity index is 1590. The lowest BCUT2D eigenvalue weighted by molar-refractivity contribution is -0.141. The molecule has 0 saturated heterocycles. The number of halogens is 5. The zero-order valence-electron chi connectivity index (χ0n) is 21.1. The summed E-state index contributed by atoms with van der Waals surface area (Å²) in [7, 11) is 0. The van der Waals surface area contributed by atoms with Crippen LogP contribution in [0.3, 0.4) is 0 Å². The largest absolute Gasteiger partial charge is 0.476 e. The van der Waals surface area contributed by atoms with Gasteiger partial charge in [-0.05, 0) is 46.4 Å². The fourth-order valence-electron chi connectivity index (χ4n) is 4.63. The molecule has 2 heterocycles. The van der Waals surface area contributed by atoms with E-state index in [0.717, 1.165) is 11.6 Å². The number of carboxylic acids is 1. The van der Waals surface area contributed by atoms with Gasteiger partial charge < -0.3 is 15.4 Å². The van der Waals surface area contributed by atoms with Gasteiger partial charge in [-0.3, -0.25) is 4.79 Å². The van der Waals surface area contributed by atoms with Crippen LogP contribution in [0.2, 0.25) is 10.0 Å². The van der Waals surface area contributed by atoms with E-state index in [2.05, 4.69) is 4.98 Å². The number of nitrogens with zero attached hydrogens (tertiary/aromatic N) is 2. The number of nitrogens with two attached hydrogens (primary N) is 1. The molecule has 0 aliphatic heterocycles. The normalized spacial score (nSPS) is 13.8. The van der Waals surface area contributed by atoms with Crippen LogP contribution in [-0.2, 0) is 28.3 Å². The van der Waals surface area contributed by atoms with Crippen LogP contribution >= 0.6 is 23.2 Å². The minimum atomic E-state index is -4.89. The van der Waals surface area contributed by atoms with Crippen molar-refractivity contribution in [2.75, 3.05) is 0 Å². The number of aromatic nitrogens is 2. The number of benzene rings is 2. The number of fused-ring (bicyclic) bond motifs is 1. The minimum absolute atomic E-state index is 0.0748. The number of aromatic carboxylic acids is 1. The standard InChI is InChI=1S/C28H24Cl2F3N3O3/c1-26(2,3)17-6-4-15(5-7-17)14-27(25(34)39,18-8-9-19(29)20(30)13-18)36-11-10-16-12-21(28(31,32)33)35-22(23(16)36)24(37)38/h4-13H,14H2,1-3H3,(H2,34,39)(H,37,38). The van der Waals surface area contributed by atoms with E-state index in [1.807, 2.05) is 45.0 Å². The molecular weight excluding hydrogens is 554 g/mol. The van der Waals surface area contributed by atoms with Gasteiger partial charge in [0.2, 0.25) is 5.91 Å². The summed E-state index contributed by atoms with van der Waals surface area (Å²) in [6, 6.07) is 13.9. The number of carbonyl (C=O) groups excluding carboxylic acids is 1. The van der Waals surface area contributed by atoms with Crippen LogP contribution in [0.1, 0.15) is 53.6 Å². The Morgan fingerprint density at radius 1 is 0.949 bits per heavy atom. The monoisotopic (exact) mass is 577 g/mol. The summed E-state index contributed by atoms with van der Waals surface area (Å²) in [5.74, 6) is -2.59. The third-order valence-electron chi connectivity index (χ3n) is 6.66. The van der Waals surface area contributed by atoms with Crippen LogP contribution in [0.4, 0.5) is 13.2 Å². The number of carboxylic acid groups (broad SMARTS) is 1. The Morgan fingerprint density at radius 3 is 2.08 bits per heavy atom. The highest BCUT2D eigenvalue weighted by atomic mass is 35.5. The maximum atomic E-state index is 13.5. The Hall–Kier alpha value is -3.56. The average Bonchev–Trinajstić information content (AvgIpc) is 3.27. The first kappa shape index (κ1) is 28.4. The lowest BCUT2D eigenvalue weighted by Crippen LogP contribution is -2.49. The van der Waals surface area contributed by atoms with Crippen molar-refractivity contribution in [1.29, 1.82) is 0 Å². The third kappa shape index (κ3) is 5.21. The van der Waals surface area contributed by atoms with E-state index < -0.39 is 35.0 Å². The van der Waals surface area contributed by atoms with Crippen LogP contribution in [0.5, 0.6) is 0 Å². The quantitative estimate of drug-likeness (QED) is 0.262. The second-order valence-corrected chi connectivity index (χ2v) is 11.1. The first-order chi connectivity index (χ1) is 18.1. The molecule has 3 N–H and O–H groups in total. The molecule has 4 rings (SSSR count). The Kier molecular flexibility index (Phi) is 7.21. The molecule has 1 atom stereocenters. The van der Waals surface area contributed by atoms with Gasteiger partial charge in [0.25, 0.3) is 0 Å². The number of hydrogen-bond donors (Lipinski definition) is 2. The number of carbonyl (C=O) groups is 2. The Labute approximate surface area is 232 Å². The van der Waals surface area contributed by atoms with Crippen molar-refractivity contribution in [3.63, 3.8) is 0 Å². The molecule has 0 fully saturated rings. The number of primary amides is 1. The first-order valence-corrected chi connectivity index (χ1v) is 12.5. The molecule has 204 valence electrons. The van der Waals surface area contributed by atoms with Gasteiger partial charge in [0.15, 0.2) is 11.2 Å². The van der Waals surface area contributed by atoms with Crippen molar-refractivity contribution in [2.45, 2.75) is 44.3 Å². The second kappa shape index (κ2) is 9.88. The van der Waals surface area contributed by atoms with Gasteiger partial charge in [0, 0.05) is 18.0 Å². The van der Waals surface area contributed by atoms with Crippen LogP contribution in [0, 0.1) is 0 Å². The fourth-order valence-corrected chi connectivity index (χ4v) is 4.92. The molecule has 2 aromatic carbocycles. The molecule has 1 amide bonds. The van der Waals surface area contributed by atoms with Crippen molar-refractivity contribution in [3.05, 3.63) is 98.9 Å². The van der Waals surface area contributed by atoms with Crippen LogP contribution in [-0.4, -0.2) is 26.5 Å². The molecular formula is C28H24Cl2F3N3O3. The van der Waals surface area contributed by atoms with E-state index >= 15 is 0 Å². The number of pyridine rings is 1. The van der Waals surface area contributed by atoms with Gasteiger partial charge in [0.05, 0.1) is 15.6 Å². The van der Waals surface area contributed by atoms with Crippen LogP contribution in [0.25, 0.3) is 10.9 Å². The molecule has 39 heavy (non-hydrogen) atoms. The fraction of sp³-hybridized carbons (Fsp3) is 0.250. The molecule has 11 heteroatoms. The summed E-state index contributed by atoms with van der Waals surface area (Å²) in [6.45, 7) is 6.15. The smallest absolute Gasteiger partial charge is 0.433 e. The van der Waals surface area contributed by atoms with E-state index in [-0.39, 0.29) is 38.3 Å². The number of amides is 1. The maximum absolute atomic E-state index is 13.5. The van der Waals surface area contributed by atoms with E-state index in [0.29, 0.717) is 5.56 Å². The predicted molar refractivity (Wildman–Crippen MR) is 143 cm³/mol. The zero-order chi connectivity index (χ0) is 28.9.